The lowest BCUT2D eigenvalue weighted by atomic mass is 9.89. The maximum atomic E-state index is 10.1. The third kappa shape index (κ3) is 3.22. The Morgan fingerprint density at radius 2 is 1.80 bits per heavy atom. The van der Waals surface area contributed by atoms with E-state index in [1.54, 1.807) is 0 Å². The van der Waals surface area contributed by atoms with E-state index in [1.165, 1.54) is 50.8 Å². The van der Waals surface area contributed by atoms with Crippen LogP contribution < -0.4 is 5.32 Å². The van der Waals surface area contributed by atoms with Crippen LogP contribution in [0.5, 0.6) is 0 Å². The minimum Gasteiger partial charge on any atom is -0.394 e. The molecule has 0 radical (unpaired) electrons. The number of likely N-dealkylation sites (tertiary alicyclic amines) is 1. The average molecular weight is 274 g/mol. The van der Waals surface area contributed by atoms with Gasteiger partial charge in [-0.25, -0.2) is 0 Å². The van der Waals surface area contributed by atoms with Crippen LogP contribution in [0.2, 0.25) is 0 Å². The maximum absolute atomic E-state index is 10.1. The van der Waals surface area contributed by atoms with E-state index in [-0.39, 0.29) is 12.1 Å². The molecule has 1 aromatic rings. The number of piperidine rings is 1. The van der Waals surface area contributed by atoms with Gasteiger partial charge in [0.1, 0.15) is 0 Å². The van der Waals surface area contributed by atoms with Gasteiger partial charge < -0.3 is 15.3 Å². The normalized spacial score (nSPS) is 23.4. The van der Waals surface area contributed by atoms with Crippen molar-refractivity contribution in [2.45, 2.75) is 43.7 Å². The summed E-state index contributed by atoms with van der Waals surface area (Å²) in [6.07, 6.45) is 6.42. The monoisotopic (exact) mass is 274 g/mol. The average Bonchev–Trinajstić information content (AvgIpc) is 3.32. The van der Waals surface area contributed by atoms with Gasteiger partial charge in [0.25, 0.3) is 0 Å². The van der Waals surface area contributed by atoms with Crippen LogP contribution in [0.4, 0.5) is 0 Å². The summed E-state index contributed by atoms with van der Waals surface area (Å²) in [7, 11) is 0. The minimum atomic E-state index is -0.292. The molecule has 3 rings (SSSR count). The van der Waals surface area contributed by atoms with Gasteiger partial charge in [0, 0.05) is 12.6 Å². The maximum Gasteiger partial charge on any atom is 0.0799 e. The molecule has 1 aromatic carbocycles. The Bertz CT molecular complexity index is 412. The molecule has 0 amide bonds. The van der Waals surface area contributed by atoms with Gasteiger partial charge >= 0.3 is 0 Å². The van der Waals surface area contributed by atoms with Crippen molar-refractivity contribution in [2.75, 3.05) is 26.2 Å². The fourth-order valence-electron chi connectivity index (χ4n) is 3.28. The first-order valence-corrected chi connectivity index (χ1v) is 7.99. The van der Waals surface area contributed by atoms with E-state index in [0.717, 1.165) is 6.54 Å². The number of rotatable bonds is 6. The molecule has 1 aliphatic carbocycles. The largest absolute Gasteiger partial charge is 0.394 e. The predicted molar refractivity (Wildman–Crippen MR) is 81.7 cm³/mol. The van der Waals surface area contributed by atoms with Crippen molar-refractivity contribution in [3.05, 3.63) is 35.9 Å². The molecule has 110 valence electrons. The van der Waals surface area contributed by atoms with Gasteiger partial charge in [0.15, 0.2) is 0 Å². The number of hydrogen-bond acceptors (Lipinski definition) is 3. The van der Waals surface area contributed by atoms with E-state index >= 15 is 0 Å². The van der Waals surface area contributed by atoms with E-state index in [4.69, 9.17) is 0 Å². The number of hydrogen-bond donors (Lipinski definition) is 2. The predicted octanol–water partition coefficient (Wildman–Crippen LogP) is 2.11. The van der Waals surface area contributed by atoms with Crippen molar-refractivity contribution in [1.29, 1.82) is 0 Å². The number of benzene rings is 1. The molecule has 1 saturated heterocycles. The van der Waals surface area contributed by atoms with Crippen LogP contribution in [0, 0.1) is 0 Å². The summed E-state index contributed by atoms with van der Waals surface area (Å²) in [5, 5.41) is 13.9. The lowest BCUT2D eigenvalue weighted by molar-refractivity contribution is 0.0941. The highest BCUT2D eigenvalue weighted by Crippen LogP contribution is 2.30. The highest BCUT2D eigenvalue weighted by atomic mass is 16.3. The standard InChI is InChI=1S/C17H26N2O/c20-14-17(18-16-9-10-16,15-7-3-1-4-8-15)13-19-11-5-2-6-12-19/h1,3-4,7-8,16,18,20H,2,5-6,9-14H2. The van der Waals surface area contributed by atoms with Crippen LogP contribution >= 0.6 is 0 Å². The van der Waals surface area contributed by atoms with Crippen LogP contribution in [0.1, 0.15) is 37.7 Å². The molecule has 20 heavy (non-hydrogen) atoms. The molecular formula is C17H26N2O. The zero-order chi connectivity index (χ0) is 13.8. The van der Waals surface area contributed by atoms with Gasteiger partial charge in [-0.15, -0.1) is 0 Å². The number of nitrogens with zero attached hydrogens (tertiary/aromatic N) is 1. The third-order valence-corrected chi connectivity index (χ3v) is 4.60. The molecule has 1 saturated carbocycles. The molecular weight excluding hydrogens is 248 g/mol. The summed E-state index contributed by atoms with van der Waals surface area (Å²) < 4.78 is 0. The highest BCUT2D eigenvalue weighted by Gasteiger charge is 2.38. The van der Waals surface area contributed by atoms with Gasteiger partial charge in [-0.1, -0.05) is 36.8 Å². The first-order valence-electron chi connectivity index (χ1n) is 7.99. The molecule has 3 heteroatoms. The fraction of sp³-hybridized carbons (Fsp3) is 0.647. The van der Waals surface area contributed by atoms with Gasteiger partial charge in [-0.3, -0.25) is 0 Å². The van der Waals surface area contributed by atoms with Gasteiger partial charge in [0.2, 0.25) is 0 Å². The molecule has 1 aliphatic heterocycles. The number of aliphatic hydroxyl groups excluding tert-OH is 1. The summed E-state index contributed by atoms with van der Waals surface area (Å²) >= 11 is 0. The molecule has 3 nitrogen and oxygen atoms in total. The van der Waals surface area contributed by atoms with Crippen molar-refractivity contribution >= 4 is 0 Å². The molecule has 2 N–H and O–H groups in total. The topological polar surface area (TPSA) is 35.5 Å². The highest BCUT2D eigenvalue weighted by molar-refractivity contribution is 5.26. The molecule has 1 unspecified atom stereocenters. The molecule has 2 aliphatic rings. The lowest BCUT2D eigenvalue weighted by Crippen LogP contribution is -2.55. The van der Waals surface area contributed by atoms with Crippen LogP contribution in [-0.2, 0) is 5.54 Å². The minimum absolute atomic E-state index is 0.171. The quantitative estimate of drug-likeness (QED) is 0.834. The van der Waals surface area contributed by atoms with Crippen LogP contribution in [-0.4, -0.2) is 42.3 Å². The number of nitrogens with one attached hydrogen (secondary N) is 1. The molecule has 1 atom stereocenters. The Labute approximate surface area is 122 Å². The van der Waals surface area contributed by atoms with Crippen molar-refractivity contribution in [1.82, 2.24) is 10.2 Å². The Hall–Kier alpha value is -0.900. The summed E-state index contributed by atoms with van der Waals surface area (Å²) in [6, 6.07) is 11.1. The van der Waals surface area contributed by atoms with Gasteiger partial charge in [-0.05, 0) is 44.3 Å². The summed E-state index contributed by atoms with van der Waals surface area (Å²) in [5.74, 6) is 0. The van der Waals surface area contributed by atoms with Crippen molar-refractivity contribution < 1.29 is 5.11 Å². The molecule has 0 bridgehead atoms. The molecule has 0 aromatic heterocycles. The van der Waals surface area contributed by atoms with Crippen molar-refractivity contribution in [3.8, 4) is 0 Å². The molecule has 1 heterocycles. The lowest BCUT2D eigenvalue weighted by Gasteiger charge is -2.40. The van der Waals surface area contributed by atoms with Crippen LogP contribution in [0.3, 0.4) is 0 Å². The second kappa shape index (κ2) is 6.25. The SMILES string of the molecule is OCC(CN1CCCCC1)(NC1CC1)c1ccccc1. The second-order valence-corrected chi connectivity index (χ2v) is 6.36. The van der Waals surface area contributed by atoms with Crippen LogP contribution in [0.25, 0.3) is 0 Å². The van der Waals surface area contributed by atoms with E-state index < -0.39 is 0 Å². The third-order valence-electron chi connectivity index (χ3n) is 4.60. The van der Waals surface area contributed by atoms with Crippen molar-refractivity contribution in [3.63, 3.8) is 0 Å². The molecule has 2 fully saturated rings. The Balaban J connectivity index is 1.80. The first-order chi connectivity index (χ1) is 9.82. The Morgan fingerprint density at radius 1 is 1.10 bits per heavy atom. The first kappa shape index (κ1) is 14.1. The van der Waals surface area contributed by atoms with Crippen LogP contribution in [0.15, 0.2) is 30.3 Å². The fourth-order valence-corrected chi connectivity index (χ4v) is 3.28. The smallest absolute Gasteiger partial charge is 0.0799 e. The van der Waals surface area contributed by atoms with E-state index in [2.05, 4.69) is 34.5 Å². The Morgan fingerprint density at radius 3 is 2.40 bits per heavy atom. The molecule has 0 spiro atoms. The summed E-state index contributed by atoms with van der Waals surface area (Å²) in [5.41, 5.74) is 0.930. The van der Waals surface area contributed by atoms with E-state index in [1.807, 2.05) is 6.07 Å². The zero-order valence-electron chi connectivity index (χ0n) is 12.2. The van der Waals surface area contributed by atoms with E-state index in [0.29, 0.717) is 6.04 Å². The summed E-state index contributed by atoms with van der Waals surface area (Å²) in [4.78, 5) is 2.52. The number of aliphatic hydroxyl groups is 1. The van der Waals surface area contributed by atoms with E-state index in [9.17, 15) is 5.11 Å². The van der Waals surface area contributed by atoms with Crippen molar-refractivity contribution in [2.24, 2.45) is 0 Å². The zero-order valence-corrected chi connectivity index (χ0v) is 12.2. The summed E-state index contributed by atoms with van der Waals surface area (Å²) in [6.45, 7) is 3.43. The Kier molecular flexibility index (Phi) is 4.39. The second-order valence-electron chi connectivity index (χ2n) is 6.36. The van der Waals surface area contributed by atoms with Gasteiger partial charge in [-0.2, -0.15) is 0 Å². The van der Waals surface area contributed by atoms with Gasteiger partial charge in [0.05, 0.1) is 12.1 Å².